The van der Waals surface area contributed by atoms with Crippen molar-refractivity contribution in [2.45, 2.75) is 6.61 Å². The average molecular weight is 296 g/mol. The summed E-state index contributed by atoms with van der Waals surface area (Å²) in [5.41, 5.74) is 1.86. The van der Waals surface area contributed by atoms with Crippen molar-refractivity contribution in [1.82, 2.24) is 14.3 Å². The van der Waals surface area contributed by atoms with Crippen LogP contribution in [-0.2, 0) is 13.7 Å². The minimum atomic E-state index is -0.244. The number of amides is 1. The minimum absolute atomic E-state index is 0.0643. The highest BCUT2D eigenvalue weighted by atomic mass is 16.3. The zero-order valence-corrected chi connectivity index (χ0v) is 12.1. The predicted octanol–water partition coefficient (Wildman–Crippen LogP) is 1.96. The number of hydrogen-bond donors (Lipinski definition) is 2. The highest BCUT2D eigenvalue weighted by molar-refractivity contribution is 6.06. The van der Waals surface area contributed by atoms with Crippen LogP contribution in [-0.4, -0.2) is 25.4 Å². The Morgan fingerprint density at radius 3 is 2.77 bits per heavy atom. The van der Waals surface area contributed by atoms with E-state index >= 15 is 0 Å². The molecular formula is C16H16N4O2. The van der Waals surface area contributed by atoms with Gasteiger partial charge < -0.3 is 15.0 Å². The van der Waals surface area contributed by atoms with Crippen molar-refractivity contribution in [2.75, 3.05) is 5.32 Å². The number of rotatable bonds is 4. The summed E-state index contributed by atoms with van der Waals surface area (Å²) in [5.74, 6) is 0.452. The first-order valence-corrected chi connectivity index (χ1v) is 6.85. The van der Waals surface area contributed by atoms with Crippen LogP contribution in [0.3, 0.4) is 0 Å². The molecule has 1 aromatic carbocycles. The molecule has 0 fully saturated rings. The van der Waals surface area contributed by atoms with E-state index in [2.05, 4.69) is 10.4 Å². The Hall–Kier alpha value is -2.86. The Labute approximate surface area is 127 Å². The molecule has 3 rings (SSSR count). The Kier molecular flexibility index (Phi) is 3.76. The van der Waals surface area contributed by atoms with Crippen LogP contribution < -0.4 is 5.32 Å². The van der Waals surface area contributed by atoms with Gasteiger partial charge in [0.05, 0.1) is 12.8 Å². The van der Waals surface area contributed by atoms with Crippen molar-refractivity contribution >= 4 is 11.6 Å². The lowest BCUT2D eigenvalue weighted by atomic mass is 10.2. The molecule has 6 nitrogen and oxygen atoms in total. The van der Waals surface area contributed by atoms with E-state index in [1.54, 1.807) is 42.2 Å². The van der Waals surface area contributed by atoms with Crippen LogP contribution in [0.2, 0.25) is 0 Å². The third kappa shape index (κ3) is 2.64. The lowest BCUT2D eigenvalue weighted by molar-refractivity contribution is 0.102. The zero-order valence-electron chi connectivity index (χ0n) is 12.1. The second-order valence-corrected chi connectivity index (χ2v) is 4.91. The zero-order chi connectivity index (χ0) is 15.5. The van der Waals surface area contributed by atoms with E-state index in [4.69, 9.17) is 5.11 Å². The van der Waals surface area contributed by atoms with E-state index < -0.39 is 0 Å². The fourth-order valence-electron chi connectivity index (χ4n) is 2.32. The number of aliphatic hydroxyl groups is 1. The number of anilines is 1. The Morgan fingerprint density at radius 2 is 2.05 bits per heavy atom. The summed E-state index contributed by atoms with van der Waals surface area (Å²) < 4.78 is 3.49. The van der Waals surface area contributed by atoms with Gasteiger partial charge in [0.15, 0.2) is 0 Å². The number of nitrogens with zero attached hydrogens (tertiary/aromatic N) is 3. The highest BCUT2D eigenvalue weighted by Crippen LogP contribution is 2.17. The van der Waals surface area contributed by atoms with E-state index in [1.807, 2.05) is 29.1 Å². The second-order valence-electron chi connectivity index (χ2n) is 4.91. The van der Waals surface area contributed by atoms with Crippen molar-refractivity contribution in [3.63, 3.8) is 0 Å². The summed E-state index contributed by atoms with van der Waals surface area (Å²) >= 11 is 0. The summed E-state index contributed by atoms with van der Waals surface area (Å²) in [6, 6.07) is 10.9. The lowest BCUT2D eigenvalue weighted by Gasteiger charge is -2.09. The summed E-state index contributed by atoms with van der Waals surface area (Å²) in [7, 11) is 1.79. The summed E-state index contributed by atoms with van der Waals surface area (Å²) in [6.45, 7) is -0.0643. The van der Waals surface area contributed by atoms with Gasteiger partial charge in [-0.2, -0.15) is 5.10 Å². The molecule has 0 aliphatic heterocycles. The maximum Gasteiger partial charge on any atom is 0.261 e. The van der Waals surface area contributed by atoms with Gasteiger partial charge in [-0.3, -0.25) is 9.48 Å². The van der Waals surface area contributed by atoms with Gasteiger partial charge in [-0.1, -0.05) is 12.1 Å². The molecule has 0 aliphatic carbocycles. The maximum absolute atomic E-state index is 12.5. The molecule has 22 heavy (non-hydrogen) atoms. The first kappa shape index (κ1) is 14.1. The van der Waals surface area contributed by atoms with E-state index in [0.717, 1.165) is 5.56 Å². The van der Waals surface area contributed by atoms with Crippen LogP contribution in [0.25, 0.3) is 5.82 Å². The summed E-state index contributed by atoms with van der Waals surface area (Å²) in [6.07, 6.45) is 5.26. The molecule has 2 heterocycles. The molecule has 0 saturated carbocycles. The van der Waals surface area contributed by atoms with Crippen molar-refractivity contribution < 1.29 is 9.90 Å². The average Bonchev–Trinajstić information content (AvgIpc) is 3.16. The third-order valence-electron chi connectivity index (χ3n) is 3.37. The monoisotopic (exact) mass is 296 g/mol. The topological polar surface area (TPSA) is 72.1 Å². The van der Waals surface area contributed by atoms with Gasteiger partial charge in [-0.15, -0.1) is 0 Å². The molecule has 1 amide bonds. The van der Waals surface area contributed by atoms with Crippen LogP contribution in [0.4, 0.5) is 5.69 Å². The number of benzene rings is 1. The molecular weight excluding hydrogens is 280 g/mol. The quantitative estimate of drug-likeness (QED) is 0.773. The Bertz CT molecular complexity index is 790. The normalized spacial score (nSPS) is 10.6. The van der Waals surface area contributed by atoms with E-state index in [0.29, 0.717) is 17.1 Å². The van der Waals surface area contributed by atoms with Crippen LogP contribution >= 0.6 is 0 Å². The number of hydrogen-bond acceptors (Lipinski definition) is 3. The molecule has 0 spiro atoms. The molecule has 0 bridgehead atoms. The smallest absolute Gasteiger partial charge is 0.261 e. The van der Waals surface area contributed by atoms with E-state index in [-0.39, 0.29) is 12.5 Å². The standard InChI is InChI=1S/C16H16N4O2/c1-19-16(20-7-2-3-8-20)14(10-17-19)15(22)18-13-6-4-5-12(9-13)11-21/h2-10,21H,11H2,1H3,(H,18,22). The highest BCUT2D eigenvalue weighted by Gasteiger charge is 2.17. The molecule has 0 aliphatic rings. The number of carbonyl (C=O) groups is 1. The number of aromatic nitrogens is 3. The van der Waals surface area contributed by atoms with Crippen LogP contribution in [0.15, 0.2) is 55.0 Å². The molecule has 0 unspecified atom stereocenters. The maximum atomic E-state index is 12.5. The molecule has 0 saturated heterocycles. The second kappa shape index (κ2) is 5.87. The van der Waals surface area contributed by atoms with Gasteiger partial charge in [0.1, 0.15) is 11.4 Å². The number of carbonyl (C=O) groups excluding carboxylic acids is 1. The van der Waals surface area contributed by atoms with Crippen molar-refractivity contribution in [2.24, 2.45) is 7.05 Å². The largest absolute Gasteiger partial charge is 0.392 e. The van der Waals surface area contributed by atoms with E-state index in [1.165, 1.54) is 0 Å². The van der Waals surface area contributed by atoms with Crippen LogP contribution in [0.1, 0.15) is 15.9 Å². The number of aliphatic hydroxyl groups excluding tert-OH is 1. The van der Waals surface area contributed by atoms with Gasteiger partial charge >= 0.3 is 0 Å². The van der Waals surface area contributed by atoms with Crippen molar-refractivity contribution in [3.05, 3.63) is 66.1 Å². The summed E-state index contributed by atoms with van der Waals surface area (Å²) in [4.78, 5) is 12.5. The van der Waals surface area contributed by atoms with Gasteiger partial charge in [0.25, 0.3) is 5.91 Å². The number of nitrogens with one attached hydrogen (secondary N) is 1. The SMILES string of the molecule is Cn1ncc(C(=O)Nc2cccc(CO)c2)c1-n1cccc1. The van der Waals surface area contributed by atoms with E-state index in [9.17, 15) is 4.79 Å². The molecule has 6 heteroatoms. The first-order chi connectivity index (χ1) is 10.7. The third-order valence-corrected chi connectivity index (χ3v) is 3.37. The predicted molar refractivity (Wildman–Crippen MR) is 82.9 cm³/mol. The van der Waals surface area contributed by atoms with Gasteiger partial charge in [0, 0.05) is 25.1 Å². The van der Waals surface area contributed by atoms with Crippen molar-refractivity contribution in [3.8, 4) is 5.82 Å². The Balaban J connectivity index is 1.90. The summed E-state index contributed by atoms with van der Waals surface area (Å²) in [5, 5.41) is 16.2. The van der Waals surface area contributed by atoms with Gasteiger partial charge in [0.2, 0.25) is 0 Å². The van der Waals surface area contributed by atoms with Crippen molar-refractivity contribution in [1.29, 1.82) is 0 Å². The fraction of sp³-hybridized carbons (Fsp3) is 0.125. The number of aryl methyl sites for hydroxylation is 1. The fourth-order valence-corrected chi connectivity index (χ4v) is 2.32. The van der Waals surface area contributed by atoms with Crippen LogP contribution in [0, 0.1) is 0 Å². The minimum Gasteiger partial charge on any atom is -0.392 e. The molecule has 0 atom stereocenters. The lowest BCUT2D eigenvalue weighted by Crippen LogP contribution is -2.15. The van der Waals surface area contributed by atoms with Crippen LogP contribution in [0.5, 0.6) is 0 Å². The van der Waals surface area contributed by atoms with Gasteiger partial charge in [-0.25, -0.2) is 0 Å². The molecule has 2 N–H and O–H groups in total. The Morgan fingerprint density at radius 1 is 1.27 bits per heavy atom. The molecule has 2 aromatic heterocycles. The molecule has 0 radical (unpaired) electrons. The van der Waals surface area contributed by atoms with Gasteiger partial charge in [-0.05, 0) is 29.8 Å². The molecule has 3 aromatic rings. The molecule has 112 valence electrons. The first-order valence-electron chi connectivity index (χ1n) is 6.85.